The summed E-state index contributed by atoms with van der Waals surface area (Å²) in [5.74, 6) is 1.37. The molecule has 1 aliphatic heterocycles. The van der Waals surface area contributed by atoms with E-state index < -0.39 is 0 Å². The number of rotatable bonds is 2. The number of hydrogen-bond acceptors (Lipinski definition) is 2. The quantitative estimate of drug-likeness (QED) is 0.924. The molecule has 0 radical (unpaired) electrons. The molecule has 1 aliphatic carbocycles. The van der Waals surface area contributed by atoms with Gasteiger partial charge in [0.1, 0.15) is 5.69 Å². The minimum absolute atomic E-state index is 0.122. The number of aromatic nitrogens is 1. The number of carbonyl (C=O) groups is 1. The highest BCUT2D eigenvalue weighted by Crippen LogP contribution is 2.41. The number of nitrogens with zero attached hydrogens (tertiary/aromatic N) is 2. The molecule has 2 aromatic rings. The maximum atomic E-state index is 12.9. The van der Waals surface area contributed by atoms with Crippen molar-refractivity contribution < 1.29 is 4.79 Å². The molecule has 116 valence electrons. The van der Waals surface area contributed by atoms with E-state index in [0.29, 0.717) is 12.5 Å². The van der Waals surface area contributed by atoms with Gasteiger partial charge in [0.25, 0.3) is 5.91 Å². The highest BCUT2D eigenvalue weighted by molar-refractivity contribution is 5.99. The maximum Gasteiger partial charge on any atom is 0.270 e. The zero-order chi connectivity index (χ0) is 15.4. The number of para-hydroxylation sites is 1. The molecular formula is C18H23N3O. The van der Waals surface area contributed by atoms with Gasteiger partial charge in [-0.1, -0.05) is 18.2 Å². The Bertz CT molecular complexity index is 744. The number of fused-ring (bicyclic) bond motifs is 1. The molecule has 2 aliphatic rings. The first kappa shape index (κ1) is 13.8. The third kappa shape index (κ3) is 2.05. The lowest BCUT2D eigenvalue weighted by Gasteiger charge is -2.17. The second-order valence-electron chi connectivity index (χ2n) is 6.98. The standard InChI is InChI=1S/C18H23N3O/c1-11-4-3-5-13-8-16(20(2)17(11)13)18(22)21-9-14(12-6-7-12)15(19)10-21/h3-5,8,12,14-15H,6-7,9-10,19H2,1-2H3/t14-,15+/m1/s1. The van der Waals surface area contributed by atoms with Crippen LogP contribution in [0.25, 0.3) is 10.9 Å². The van der Waals surface area contributed by atoms with E-state index >= 15 is 0 Å². The molecule has 0 unspecified atom stereocenters. The number of hydrogen-bond donors (Lipinski definition) is 1. The number of likely N-dealkylation sites (tertiary alicyclic amines) is 1. The van der Waals surface area contributed by atoms with Gasteiger partial charge in [-0.05, 0) is 43.2 Å². The molecule has 2 N–H and O–H groups in total. The second-order valence-corrected chi connectivity index (χ2v) is 6.98. The van der Waals surface area contributed by atoms with Crippen molar-refractivity contribution in [1.82, 2.24) is 9.47 Å². The van der Waals surface area contributed by atoms with E-state index in [0.717, 1.165) is 29.1 Å². The molecule has 2 heterocycles. The fourth-order valence-corrected chi connectivity index (χ4v) is 4.03. The van der Waals surface area contributed by atoms with Crippen LogP contribution < -0.4 is 5.73 Å². The molecule has 1 aromatic heterocycles. The average molecular weight is 297 g/mol. The van der Waals surface area contributed by atoms with E-state index in [9.17, 15) is 4.79 Å². The van der Waals surface area contributed by atoms with E-state index in [-0.39, 0.29) is 11.9 Å². The minimum Gasteiger partial charge on any atom is -0.339 e. The third-order valence-corrected chi connectivity index (χ3v) is 5.40. The van der Waals surface area contributed by atoms with Crippen molar-refractivity contribution in [2.24, 2.45) is 24.6 Å². The number of aryl methyl sites for hydroxylation is 2. The van der Waals surface area contributed by atoms with Crippen molar-refractivity contribution in [3.8, 4) is 0 Å². The topological polar surface area (TPSA) is 51.3 Å². The summed E-state index contributed by atoms with van der Waals surface area (Å²) in [4.78, 5) is 14.9. The molecule has 1 saturated carbocycles. The molecule has 2 fully saturated rings. The van der Waals surface area contributed by atoms with Crippen LogP contribution >= 0.6 is 0 Å². The van der Waals surface area contributed by atoms with Crippen LogP contribution in [0.2, 0.25) is 0 Å². The molecule has 1 saturated heterocycles. The van der Waals surface area contributed by atoms with Crippen LogP contribution in [-0.4, -0.2) is 34.5 Å². The molecule has 4 nitrogen and oxygen atoms in total. The molecule has 22 heavy (non-hydrogen) atoms. The lowest BCUT2D eigenvalue weighted by molar-refractivity contribution is 0.0776. The summed E-state index contributed by atoms with van der Waals surface area (Å²) in [5, 5.41) is 1.13. The first-order chi connectivity index (χ1) is 10.6. The van der Waals surface area contributed by atoms with E-state index in [4.69, 9.17) is 5.73 Å². The Balaban J connectivity index is 1.66. The normalized spacial score (nSPS) is 25.1. The molecule has 2 atom stereocenters. The molecule has 1 amide bonds. The Morgan fingerprint density at radius 3 is 2.73 bits per heavy atom. The van der Waals surface area contributed by atoms with E-state index in [1.807, 2.05) is 28.6 Å². The van der Waals surface area contributed by atoms with Crippen molar-refractivity contribution >= 4 is 16.8 Å². The van der Waals surface area contributed by atoms with Crippen LogP contribution in [0.1, 0.15) is 28.9 Å². The van der Waals surface area contributed by atoms with Crippen molar-refractivity contribution in [2.75, 3.05) is 13.1 Å². The van der Waals surface area contributed by atoms with E-state index in [1.54, 1.807) is 0 Å². The summed E-state index contributed by atoms with van der Waals surface area (Å²) >= 11 is 0. The number of carbonyl (C=O) groups excluding carboxylic acids is 1. The Labute approximate surface area is 130 Å². The molecule has 0 spiro atoms. The van der Waals surface area contributed by atoms with Crippen molar-refractivity contribution in [1.29, 1.82) is 0 Å². The number of amides is 1. The van der Waals surface area contributed by atoms with Gasteiger partial charge in [0, 0.05) is 31.6 Å². The highest BCUT2D eigenvalue weighted by atomic mass is 16.2. The van der Waals surface area contributed by atoms with Crippen molar-refractivity contribution in [2.45, 2.75) is 25.8 Å². The van der Waals surface area contributed by atoms with Crippen LogP contribution in [-0.2, 0) is 7.05 Å². The Morgan fingerprint density at radius 2 is 2.05 bits per heavy atom. The van der Waals surface area contributed by atoms with E-state index in [2.05, 4.69) is 19.1 Å². The lowest BCUT2D eigenvalue weighted by Crippen LogP contribution is -2.33. The number of benzene rings is 1. The molecule has 0 bridgehead atoms. The maximum absolute atomic E-state index is 12.9. The van der Waals surface area contributed by atoms with Crippen LogP contribution in [0, 0.1) is 18.8 Å². The predicted molar refractivity (Wildman–Crippen MR) is 87.7 cm³/mol. The van der Waals surface area contributed by atoms with Crippen LogP contribution in [0.5, 0.6) is 0 Å². The van der Waals surface area contributed by atoms with Gasteiger partial charge >= 0.3 is 0 Å². The highest BCUT2D eigenvalue weighted by Gasteiger charge is 2.42. The summed E-state index contributed by atoms with van der Waals surface area (Å²) in [6, 6.07) is 8.36. The third-order valence-electron chi connectivity index (χ3n) is 5.40. The van der Waals surface area contributed by atoms with Crippen LogP contribution in [0.4, 0.5) is 0 Å². The fourth-order valence-electron chi connectivity index (χ4n) is 4.03. The molecule has 4 heteroatoms. The summed E-state index contributed by atoms with van der Waals surface area (Å²) in [5.41, 5.74) is 9.38. The van der Waals surface area contributed by atoms with Gasteiger partial charge in [-0.15, -0.1) is 0 Å². The van der Waals surface area contributed by atoms with Gasteiger partial charge in [0.15, 0.2) is 0 Å². The molecule has 1 aromatic carbocycles. The SMILES string of the molecule is Cc1cccc2cc(C(=O)N3C[C@H](C4CC4)[C@@H](N)C3)n(C)c12. The van der Waals surface area contributed by atoms with Crippen LogP contribution in [0.3, 0.4) is 0 Å². The lowest BCUT2D eigenvalue weighted by atomic mass is 9.99. The first-order valence-corrected chi connectivity index (χ1v) is 8.16. The fraction of sp³-hybridized carbons (Fsp3) is 0.500. The molecule has 4 rings (SSSR count). The summed E-state index contributed by atoms with van der Waals surface area (Å²) < 4.78 is 2.03. The van der Waals surface area contributed by atoms with Gasteiger partial charge in [0.2, 0.25) is 0 Å². The first-order valence-electron chi connectivity index (χ1n) is 8.16. The van der Waals surface area contributed by atoms with Crippen molar-refractivity contribution in [3.63, 3.8) is 0 Å². The largest absolute Gasteiger partial charge is 0.339 e. The molecular weight excluding hydrogens is 274 g/mol. The predicted octanol–water partition coefficient (Wildman–Crippen LogP) is 2.30. The second kappa shape index (κ2) is 4.85. The van der Waals surface area contributed by atoms with Gasteiger partial charge in [-0.3, -0.25) is 4.79 Å². The summed E-state index contributed by atoms with van der Waals surface area (Å²) in [7, 11) is 1.98. The smallest absolute Gasteiger partial charge is 0.270 e. The number of nitrogens with two attached hydrogens (primary N) is 1. The van der Waals surface area contributed by atoms with Gasteiger partial charge in [0.05, 0.1) is 5.52 Å². The summed E-state index contributed by atoms with van der Waals surface area (Å²) in [6.07, 6.45) is 2.57. The zero-order valence-corrected chi connectivity index (χ0v) is 13.2. The van der Waals surface area contributed by atoms with Gasteiger partial charge in [-0.2, -0.15) is 0 Å². The van der Waals surface area contributed by atoms with Crippen LogP contribution in [0.15, 0.2) is 24.3 Å². The van der Waals surface area contributed by atoms with E-state index in [1.165, 1.54) is 18.4 Å². The van der Waals surface area contributed by atoms with Gasteiger partial charge < -0.3 is 15.2 Å². The Kier molecular flexibility index (Phi) is 3.05. The van der Waals surface area contributed by atoms with Gasteiger partial charge in [-0.25, -0.2) is 0 Å². The average Bonchev–Trinajstić information content (AvgIpc) is 3.17. The van der Waals surface area contributed by atoms with Crippen molar-refractivity contribution in [3.05, 3.63) is 35.5 Å². The summed E-state index contributed by atoms with van der Waals surface area (Å²) in [6.45, 7) is 3.61. The Morgan fingerprint density at radius 1 is 1.27 bits per heavy atom. The zero-order valence-electron chi connectivity index (χ0n) is 13.2. The Hall–Kier alpha value is -1.81. The monoisotopic (exact) mass is 297 g/mol. The minimum atomic E-state index is 0.122.